The normalized spacial score (nSPS) is 10.7. The second kappa shape index (κ2) is 5.59. The molecule has 0 N–H and O–H groups in total. The Morgan fingerprint density at radius 1 is 1.10 bits per heavy atom. The quantitative estimate of drug-likeness (QED) is 0.693. The monoisotopic (exact) mass is 331 g/mol. The second-order valence-electron chi connectivity index (χ2n) is 4.40. The van der Waals surface area contributed by atoms with Gasteiger partial charge in [-0.3, -0.25) is 4.98 Å². The van der Waals surface area contributed by atoms with Gasteiger partial charge in [0.25, 0.3) is 0 Å². The van der Waals surface area contributed by atoms with Crippen molar-refractivity contribution in [1.29, 1.82) is 0 Å². The van der Waals surface area contributed by atoms with Crippen molar-refractivity contribution in [2.75, 3.05) is 0 Å². The molecule has 0 aliphatic rings. The van der Waals surface area contributed by atoms with Gasteiger partial charge in [-0.2, -0.15) is 0 Å². The maximum absolute atomic E-state index is 13.3. The Morgan fingerprint density at radius 2 is 1.95 bits per heavy atom. The van der Waals surface area contributed by atoms with E-state index in [2.05, 4.69) is 20.9 Å². The third-order valence-corrected chi connectivity index (χ3v) is 3.37. The number of hydrogen-bond donors (Lipinski definition) is 0. The first-order chi connectivity index (χ1) is 9.72. The molecule has 0 spiro atoms. The Morgan fingerprint density at radius 3 is 2.80 bits per heavy atom. The third-order valence-electron chi connectivity index (χ3n) is 2.91. The predicted molar refractivity (Wildman–Crippen MR) is 80.2 cm³/mol. The molecule has 3 aromatic rings. The highest BCUT2D eigenvalue weighted by Crippen LogP contribution is 2.24. The molecule has 2 aromatic carbocycles. The molecule has 4 heteroatoms. The van der Waals surface area contributed by atoms with Crippen molar-refractivity contribution in [2.45, 2.75) is 6.61 Å². The number of ether oxygens (including phenoxy) is 1. The van der Waals surface area contributed by atoms with Crippen molar-refractivity contribution < 1.29 is 9.13 Å². The minimum absolute atomic E-state index is 0.283. The first-order valence-electron chi connectivity index (χ1n) is 6.14. The van der Waals surface area contributed by atoms with Gasteiger partial charge in [0.2, 0.25) is 0 Å². The molecule has 0 unspecified atom stereocenters. The molecule has 1 heterocycles. The molecule has 0 saturated heterocycles. The summed E-state index contributed by atoms with van der Waals surface area (Å²) in [5.41, 5.74) is 1.58. The van der Waals surface area contributed by atoms with Crippen molar-refractivity contribution in [3.05, 3.63) is 70.6 Å². The molecule has 0 radical (unpaired) electrons. The van der Waals surface area contributed by atoms with Gasteiger partial charge in [-0.1, -0.05) is 34.1 Å². The number of hydrogen-bond acceptors (Lipinski definition) is 2. The summed E-state index contributed by atoms with van der Waals surface area (Å²) in [5.74, 6) is 0.414. The highest BCUT2D eigenvalue weighted by atomic mass is 79.9. The van der Waals surface area contributed by atoms with Crippen LogP contribution in [0.4, 0.5) is 4.39 Å². The van der Waals surface area contributed by atoms with E-state index < -0.39 is 0 Å². The molecule has 100 valence electrons. The molecule has 3 rings (SSSR count). The van der Waals surface area contributed by atoms with E-state index in [9.17, 15) is 4.39 Å². The van der Waals surface area contributed by atoms with Crippen LogP contribution in [0.5, 0.6) is 5.75 Å². The van der Waals surface area contributed by atoms with E-state index in [0.717, 1.165) is 16.5 Å². The molecule has 0 amide bonds. The molecule has 20 heavy (non-hydrogen) atoms. The lowest BCUT2D eigenvalue weighted by Gasteiger charge is -2.09. The van der Waals surface area contributed by atoms with Crippen molar-refractivity contribution in [3.63, 3.8) is 0 Å². The number of benzene rings is 2. The zero-order chi connectivity index (χ0) is 13.9. The fourth-order valence-corrected chi connectivity index (χ4v) is 2.56. The van der Waals surface area contributed by atoms with Crippen molar-refractivity contribution in [3.8, 4) is 5.75 Å². The molecular weight excluding hydrogens is 321 g/mol. The van der Waals surface area contributed by atoms with E-state index in [4.69, 9.17) is 4.74 Å². The summed E-state index contributed by atoms with van der Waals surface area (Å²) in [6.45, 7) is 0.298. The standard InChI is InChI=1S/C16H11BrFNO/c17-13-7-11(8-14(18)9-13)10-20-15-5-1-3-12-4-2-6-19-16(12)15/h1-9H,10H2. The number of nitrogens with zero attached hydrogens (tertiary/aromatic N) is 1. The predicted octanol–water partition coefficient (Wildman–Crippen LogP) is 4.72. The largest absolute Gasteiger partial charge is 0.487 e. The Bertz CT molecular complexity index is 735. The number of para-hydroxylation sites is 1. The third kappa shape index (κ3) is 2.80. The van der Waals surface area contributed by atoms with Gasteiger partial charge in [0.1, 0.15) is 23.7 Å². The second-order valence-corrected chi connectivity index (χ2v) is 5.31. The lowest BCUT2D eigenvalue weighted by atomic mass is 10.2. The Hall–Kier alpha value is -1.94. The maximum atomic E-state index is 13.3. The van der Waals surface area contributed by atoms with E-state index >= 15 is 0 Å². The minimum Gasteiger partial charge on any atom is -0.487 e. The molecule has 0 saturated carbocycles. The summed E-state index contributed by atoms with van der Waals surface area (Å²) < 4.78 is 19.8. The Labute approximate surface area is 124 Å². The molecule has 0 aliphatic carbocycles. The van der Waals surface area contributed by atoms with Crippen LogP contribution >= 0.6 is 15.9 Å². The Balaban J connectivity index is 1.87. The van der Waals surface area contributed by atoms with Crippen molar-refractivity contribution >= 4 is 26.8 Å². The fraction of sp³-hybridized carbons (Fsp3) is 0.0625. The van der Waals surface area contributed by atoms with E-state index in [1.54, 1.807) is 6.20 Å². The number of halogens is 2. The SMILES string of the molecule is Fc1cc(Br)cc(COc2cccc3cccnc23)c1. The summed E-state index contributed by atoms with van der Waals surface area (Å²) in [6.07, 6.45) is 1.73. The number of pyridine rings is 1. The van der Waals surface area contributed by atoms with Gasteiger partial charge in [-0.05, 0) is 35.9 Å². The number of fused-ring (bicyclic) bond motifs is 1. The van der Waals surface area contributed by atoms with Gasteiger partial charge in [0.15, 0.2) is 0 Å². The van der Waals surface area contributed by atoms with Crippen LogP contribution < -0.4 is 4.74 Å². The van der Waals surface area contributed by atoms with Crippen molar-refractivity contribution in [2.24, 2.45) is 0 Å². The first kappa shape index (κ1) is 13.1. The smallest absolute Gasteiger partial charge is 0.146 e. The van der Waals surface area contributed by atoms with Crippen LogP contribution in [0.3, 0.4) is 0 Å². The molecule has 1 aromatic heterocycles. The minimum atomic E-state index is -0.283. The van der Waals surface area contributed by atoms with E-state index in [-0.39, 0.29) is 5.82 Å². The zero-order valence-corrected chi connectivity index (χ0v) is 12.1. The molecule has 0 fully saturated rings. The van der Waals surface area contributed by atoms with Crippen molar-refractivity contribution in [1.82, 2.24) is 4.98 Å². The van der Waals surface area contributed by atoms with Crippen LogP contribution in [0.25, 0.3) is 10.9 Å². The van der Waals surface area contributed by atoms with Gasteiger partial charge in [-0.15, -0.1) is 0 Å². The van der Waals surface area contributed by atoms with Crippen LogP contribution in [-0.2, 0) is 6.61 Å². The highest BCUT2D eigenvalue weighted by Gasteiger charge is 2.04. The van der Waals surface area contributed by atoms with Gasteiger partial charge >= 0.3 is 0 Å². The van der Waals surface area contributed by atoms with Gasteiger partial charge in [-0.25, -0.2) is 4.39 Å². The molecule has 0 aliphatic heterocycles. The van der Waals surface area contributed by atoms with Gasteiger partial charge in [0, 0.05) is 16.1 Å². The van der Waals surface area contributed by atoms with Crippen LogP contribution in [0.15, 0.2) is 59.2 Å². The number of aromatic nitrogens is 1. The zero-order valence-electron chi connectivity index (χ0n) is 10.5. The first-order valence-corrected chi connectivity index (χ1v) is 6.93. The molecule has 0 bridgehead atoms. The lowest BCUT2D eigenvalue weighted by molar-refractivity contribution is 0.308. The van der Waals surface area contributed by atoms with Crippen LogP contribution in [0, 0.1) is 5.82 Å². The van der Waals surface area contributed by atoms with Crippen LogP contribution in [-0.4, -0.2) is 4.98 Å². The van der Waals surface area contributed by atoms with E-state index in [0.29, 0.717) is 16.8 Å². The average Bonchev–Trinajstić information content (AvgIpc) is 2.44. The fourth-order valence-electron chi connectivity index (χ4n) is 2.05. The highest BCUT2D eigenvalue weighted by molar-refractivity contribution is 9.10. The summed E-state index contributed by atoms with van der Waals surface area (Å²) >= 11 is 3.27. The average molecular weight is 332 g/mol. The van der Waals surface area contributed by atoms with Gasteiger partial charge < -0.3 is 4.74 Å². The topological polar surface area (TPSA) is 22.1 Å². The maximum Gasteiger partial charge on any atom is 0.146 e. The lowest BCUT2D eigenvalue weighted by Crippen LogP contribution is -1.97. The van der Waals surface area contributed by atoms with E-state index in [1.807, 2.05) is 36.4 Å². The number of rotatable bonds is 3. The van der Waals surface area contributed by atoms with Crippen LogP contribution in [0.2, 0.25) is 0 Å². The Kier molecular flexibility index (Phi) is 3.65. The molecular formula is C16H11BrFNO. The summed E-state index contributed by atoms with van der Waals surface area (Å²) in [7, 11) is 0. The summed E-state index contributed by atoms with van der Waals surface area (Å²) in [6, 6.07) is 14.3. The van der Waals surface area contributed by atoms with E-state index in [1.165, 1.54) is 12.1 Å². The summed E-state index contributed by atoms with van der Waals surface area (Å²) in [4.78, 5) is 4.32. The van der Waals surface area contributed by atoms with Gasteiger partial charge in [0.05, 0.1) is 0 Å². The van der Waals surface area contributed by atoms with Crippen LogP contribution in [0.1, 0.15) is 5.56 Å². The molecule has 0 atom stereocenters. The molecule has 2 nitrogen and oxygen atoms in total. The summed E-state index contributed by atoms with van der Waals surface area (Å²) in [5, 5.41) is 1.02.